The number of hydrogen-bond donors (Lipinski definition) is 0. The summed E-state index contributed by atoms with van der Waals surface area (Å²) in [7, 11) is 1.26. The number of methoxy groups -OCH3 is 1. The molecule has 2 aromatic rings. The third kappa shape index (κ3) is 2.66. The number of hydrogen-bond acceptors (Lipinski definition) is 3. The number of carbonyl (C=O) groups is 2. The lowest BCUT2D eigenvalue weighted by atomic mass is 9.96. The van der Waals surface area contributed by atoms with Crippen molar-refractivity contribution in [1.29, 1.82) is 0 Å². The van der Waals surface area contributed by atoms with E-state index in [1.54, 1.807) is 12.1 Å². The fourth-order valence-electron chi connectivity index (χ4n) is 1.90. The summed E-state index contributed by atoms with van der Waals surface area (Å²) in [6, 6.07) is 14.2. The second-order valence-corrected chi connectivity index (χ2v) is 4.20. The number of esters is 1. The van der Waals surface area contributed by atoms with Crippen LogP contribution < -0.4 is 0 Å². The number of ether oxygens (including phenoxy) is 1. The van der Waals surface area contributed by atoms with Gasteiger partial charge in [0, 0.05) is 0 Å². The van der Waals surface area contributed by atoms with Gasteiger partial charge < -0.3 is 4.74 Å². The first-order valence-corrected chi connectivity index (χ1v) is 5.99. The summed E-state index contributed by atoms with van der Waals surface area (Å²) >= 11 is 5.62. The maximum absolute atomic E-state index is 11.7. The van der Waals surface area contributed by atoms with Gasteiger partial charge in [0.05, 0.1) is 18.2 Å². The SMILES string of the molecule is COC(=O)c1cccc(-c2ccccc2)c1C(=O)Cl. The number of halogens is 1. The van der Waals surface area contributed by atoms with Gasteiger partial charge in [-0.25, -0.2) is 4.79 Å². The van der Waals surface area contributed by atoms with Crippen LogP contribution in [0.3, 0.4) is 0 Å². The van der Waals surface area contributed by atoms with Crippen LogP contribution in [0.5, 0.6) is 0 Å². The highest BCUT2D eigenvalue weighted by Crippen LogP contribution is 2.28. The van der Waals surface area contributed by atoms with Crippen molar-refractivity contribution in [3.05, 3.63) is 59.7 Å². The highest BCUT2D eigenvalue weighted by Gasteiger charge is 2.20. The Balaban J connectivity index is 2.69. The zero-order valence-corrected chi connectivity index (χ0v) is 11.0. The third-order valence-electron chi connectivity index (χ3n) is 2.75. The largest absolute Gasteiger partial charge is 0.465 e. The highest BCUT2D eigenvalue weighted by atomic mass is 35.5. The predicted octanol–water partition coefficient (Wildman–Crippen LogP) is 3.52. The first-order chi connectivity index (χ1) is 9.15. The van der Waals surface area contributed by atoms with E-state index < -0.39 is 11.2 Å². The quantitative estimate of drug-likeness (QED) is 0.635. The molecule has 0 aliphatic carbocycles. The Labute approximate surface area is 115 Å². The van der Waals surface area contributed by atoms with Crippen molar-refractivity contribution in [1.82, 2.24) is 0 Å². The highest BCUT2D eigenvalue weighted by molar-refractivity contribution is 6.68. The van der Waals surface area contributed by atoms with Crippen molar-refractivity contribution < 1.29 is 14.3 Å². The molecule has 0 atom stereocenters. The maximum atomic E-state index is 11.7. The zero-order chi connectivity index (χ0) is 13.8. The third-order valence-corrected chi connectivity index (χ3v) is 2.94. The molecule has 0 aromatic heterocycles. The zero-order valence-electron chi connectivity index (χ0n) is 10.2. The van der Waals surface area contributed by atoms with Crippen LogP contribution in [-0.2, 0) is 4.74 Å². The maximum Gasteiger partial charge on any atom is 0.338 e. The average Bonchev–Trinajstić information content (AvgIpc) is 2.46. The molecule has 0 spiro atoms. The number of carbonyl (C=O) groups excluding carboxylic acids is 2. The molecular formula is C15H11ClO3. The Morgan fingerprint density at radius 2 is 1.68 bits per heavy atom. The molecule has 0 bridgehead atoms. The van der Waals surface area contributed by atoms with Gasteiger partial charge >= 0.3 is 5.97 Å². The predicted molar refractivity (Wildman–Crippen MR) is 73.4 cm³/mol. The average molecular weight is 275 g/mol. The molecule has 3 nitrogen and oxygen atoms in total. The summed E-state index contributed by atoms with van der Waals surface area (Å²) in [5.74, 6) is -0.582. The lowest BCUT2D eigenvalue weighted by Gasteiger charge is -2.10. The van der Waals surface area contributed by atoms with Crippen LogP contribution in [-0.4, -0.2) is 18.3 Å². The molecule has 0 aliphatic heterocycles. The van der Waals surface area contributed by atoms with E-state index in [1.807, 2.05) is 30.3 Å². The monoisotopic (exact) mass is 274 g/mol. The van der Waals surface area contributed by atoms with Gasteiger partial charge in [0.15, 0.2) is 0 Å². The normalized spacial score (nSPS) is 10.0. The van der Waals surface area contributed by atoms with Crippen LogP contribution in [0.25, 0.3) is 11.1 Å². The smallest absolute Gasteiger partial charge is 0.338 e. The van der Waals surface area contributed by atoms with E-state index in [1.165, 1.54) is 13.2 Å². The molecule has 4 heteroatoms. The lowest BCUT2D eigenvalue weighted by Crippen LogP contribution is -2.09. The van der Waals surface area contributed by atoms with Gasteiger partial charge in [-0.15, -0.1) is 0 Å². The summed E-state index contributed by atoms with van der Waals surface area (Å²) in [6.07, 6.45) is 0. The van der Waals surface area contributed by atoms with Crippen LogP contribution in [0.1, 0.15) is 20.7 Å². The molecule has 0 fully saturated rings. The molecule has 0 aliphatic rings. The van der Waals surface area contributed by atoms with Crippen LogP contribution in [0, 0.1) is 0 Å². The van der Waals surface area contributed by atoms with Crippen LogP contribution in [0.4, 0.5) is 0 Å². The molecular weight excluding hydrogens is 264 g/mol. The molecule has 0 heterocycles. The molecule has 0 saturated carbocycles. The van der Waals surface area contributed by atoms with Gasteiger partial charge in [0.25, 0.3) is 5.24 Å². The number of benzene rings is 2. The molecule has 0 radical (unpaired) electrons. The van der Waals surface area contributed by atoms with Crippen LogP contribution in [0.2, 0.25) is 0 Å². The standard InChI is InChI=1S/C15H11ClO3/c1-19-15(18)12-9-5-8-11(13(12)14(16)17)10-6-3-2-4-7-10/h2-9H,1H3. The molecule has 19 heavy (non-hydrogen) atoms. The second kappa shape index (κ2) is 5.67. The van der Waals surface area contributed by atoms with Crippen LogP contribution in [0.15, 0.2) is 48.5 Å². The van der Waals surface area contributed by atoms with Crippen molar-refractivity contribution >= 4 is 22.8 Å². The van der Waals surface area contributed by atoms with E-state index in [0.29, 0.717) is 5.56 Å². The Hall–Kier alpha value is -2.13. The molecule has 2 aromatic carbocycles. The fourth-order valence-corrected chi connectivity index (χ4v) is 2.11. The van der Waals surface area contributed by atoms with E-state index in [9.17, 15) is 9.59 Å². The van der Waals surface area contributed by atoms with E-state index in [4.69, 9.17) is 11.6 Å². The minimum absolute atomic E-state index is 0.169. The summed E-state index contributed by atoms with van der Waals surface area (Å²) < 4.78 is 4.67. The van der Waals surface area contributed by atoms with E-state index in [0.717, 1.165) is 5.56 Å². The first-order valence-electron chi connectivity index (χ1n) is 5.61. The summed E-state index contributed by atoms with van der Waals surface area (Å²) in [5, 5.41) is -0.681. The molecule has 0 N–H and O–H groups in total. The minimum Gasteiger partial charge on any atom is -0.465 e. The molecule has 96 valence electrons. The number of rotatable bonds is 3. The Kier molecular flexibility index (Phi) is 3.97. The summed E-state index contributed by atoms with van der Waals surface area (Å²) in [4.78, 5) is 23.3. The van der Waals surface area contributed by atoms with Gasteiger partial charge in [-0.3, -0.25) is 4.79 Å². The van der Waals surface area contributed by atoms with E-state index in [-0.39, 0.29) is 11.1 Å². The molecule has 0 amide bonds. The molecule has 0 unspecified atom stereocenters. The van der Waals surface area contributed by atoms with Crippen molar-refractivity contribution in [2.75, 3.05) is 7.11 Å². The topological polar surface area (TPSA) is 43.4 Å². The summed E-state index contributed by atoms with van der Waals surface area (Å²) in [6.45, 7) is 0. The Morgan fingerprint density at radius 1 is 1.00 bits per heavy atom. The Morgan fingerprint density at radius 3 is 2.26 bits per heavy atom. The van der Waals surface area contributed by atoms with Gasteiger partial charge in [0.2, 0.25) is 0 Å². The van der Waals surface area contributed by atoms with Crippen molar-refractivity contribution in [3.8, 4) is 11.1 Å². The van der Waals surface area contributed by atoms with Gasteiger partial charge in [-0.05, 0) is 28.8 Å². The molecule has 0 saturated heterocycles. The van der Waals surface area contributed by atoms with Crippen molar-refractivity contribution in [2.24, 2.45) is 0 Å². The van der Waals surface area contributed by atoms with Gasteiger partial charge in [0.1, 0.15) is 0 Å². The van der Waals surface area contributed by atoms with Gasteiger partial charge in [-0.2, -0.15) is 0 Å². The van der Waals surface area contributed by atoms with Crippen molar-refractivity contribution in [3.63, 3.8) is 0 Å². The van der Waals surface area contributed by atoms with Crippen LogP contribution >= 0.6 is 11.6 Å². The summed E-state index contributed by atoms with van der Waals surface area (Å²) in [5.41, 5.74) is 1.77. The molecule has 2 rings (SSSR count). The van der Waals surface area contributed by atoms with Crippen molar-refractivity contribution in [2.45, 2.75) is 0 Å². The lowest BCUT2D eigenvalue weighted by molar-refractivity contribution is 0.0598. The Bertz CT molecular complexity index is 621. The van der Waals surface area contributed by atoms with Gasteiger partial charge in [-0.1, -0.05) is 42.5 Å². The minimum atomic E-state index is -0.681. The first kappa shape index (κ1) is 13.3. The van der Waals surface area contributed by atoms with E-state index >= 15 is 0 Å². The van der Waals surface area contributed by atoms with E-state index in [2.05, 4.69) is 4.74 Å². The fraction of sp³-hybridized carbons (Fsp3) is 0.0667. The second-order valence-electron chi connectivity index (χ2n) is 3.86.